The summed E-state index contributed by atoms with van der Waals surface area (Å²) >= 11 is 0. The van der Waals surface area contributed by atoms with Crippen LogP contribution in [0.4, 0.5) is 0 Å². The molecule has 0 aromatic heterocycles. The first-order valence-electron chi connectivity index (χ1n) is 3.66. The Bertz CT molecular complexity index is 169. The number of likely N-dealkylation sites (tertiary alicyclic amines) is 1. The van der Waals surface area contributed by atoms with Crippen LogP contribution in [-0.4, -0.2) is 35.5 Å². The highest BCUT2D eigenvalue weighted by Gasteiger charge is 2.23. The summed E-state index contributed by atoms with van der Waals surface area (Å²) in [5.74, 6) is -1.15. The fourth-order valence-electron chi connectivity index (χ4n) is 1.30. The Morgan fingerprint density at radius 3 is 2.91 bits per heavy atom. The van der Waals surface area contributed by atoms with Crippen molar-refractivity contribution in [2.45, 2.75) is 12.8 Å². The van der Waals surface area contributed by atoms with Crippen LogP contribution in [0.15, 0.2) is 0 Å². The smallest absolute Gasteiger partial charge is 0.308 e. The Morgan fingerprint density at radius 1 is 1.64 bits per heavy atom. The third-order valence-corrected chi connectivity index (χ3v) is 1.95. The van der Waals surface area contributed by atoms with Gasteiger partial charge in [-0.2, -0.15) is 0 Å². The summed E-state index contributed by atoms with van der Waals surface area (Å²) in [4.78, 5) is 22.3. The van der Waals surface area contributed by atoms with Crippen molar-refractivity contribution >= 4 is 12.4 Å². The molecule has 0 unspecified atom stereocenters. The average molecular weight is 157 g/mol. The topological polar surface area (TPSA) is 57.6 Å². The number of amides is 1. The van der Waals surface area contributed by atoms with Crippen LogP contribution in [0.1, 0.15) is 12.8 Å². The van der Waals surface area contributed by atoms with E-state index in [4.69, 9.17) is 5.11 Å². The molecular weight excluding hydrogens is 146 g/mol. The highest BCUT2D eigenvalue weighted by atomic mass is 16.4. The molecule has 1 heterocycles. The molecule has 0 aromatic carbocycles. The van der Waals surface area contributed by atoms with Crippen LogP contribution in [0.25, 0.3) is 0 Å². The molecule has 0 bridgehead atoms. The Hall–Kier alpha value is -1.06. The molecule has 1 aliphatic rings. The van der Waals surface area contributed by atoms with E-state index in [9.17, 15) is 9.59 Å². The van der Waals surface area contributed by atoms with Crippen LogP contribution >= 0.6 is 0 Å². The minimum atomic E-state index is -0.795. The molecule has 62 valence electrons. The molecule has 1 saturated heterocycles. The summed E-state index contributed by atoms with van der Waals surface area (Å²) in [6.07, 6.45) is 2.21. The third kappa shape index (κ3) is 1.93. The predicted octanol–water partition coefficient (Wildman–Crippen LogP) is -0.0606. The van der Waals surface area contributed by atoms with Gasteiger partial charge in [0.15, 0.2) is 0 Å². The molecular formula is C7H11NO3. The number of hydrogen-bond acceptors (Lipinski definition) is 2. The Kier molecular flexibility index (Phi) is 2.46. The summed E-state index contributed by atoms with van der Waals surface area (Å²) < 4.78 is 0. The van der Waals surface area contributed by atoms with Crippen LogP contribution in [0, 0.1) is 5.92 Å². The minimum Gasteiger partial charge on any atom is -0.481 e. The van der Waals surface area contributed by atoms with Gasteiger partial charge in [-0.05, 0) is 12.8 Å². The maximum atomic E-state index is 10.5. The molecule has 0 spiro atoms. The van der Waals surface area contributed by atoms with Crippen molar-refractivity contribution in [1.29, 1.82) is 0 Å². The zero-order valence-corrected chi connectivity index (χ0v) is 6.19. The second-order valence-electron chi connectivity index (χ2n) is 2.78. The van der Waals surface area contributed by atoms with Gasteiger partial charge in [-0.25, -0.2) is 0 Å². The summed E-state index contributed by atoms with van der Waals surface area (Å²) in [6, 6.07) is 0. The first kappa shape index (κ1) is 8.04. The van der Waals surface area contributed by atoms with Crippen molar-refractivity contribution in [3.63, 3.8) is 0 Å². The quantitative estimate of drug-likeness (QED) is 0.571. The van der Waals surface area contributed by atoms with Gasteiger partial charge >= 0.3 is 5.97 Å². The first-order chi connectivity index (χ1) is 5.24. The molecule has 1 amide bonds. The second kappa shape index (κ2) is 3.37. The van der Waals surface area contributed by atoms with Gasteiger partial charge in [-0.1, -0.05) is 0 Å². The van der Waals surface area contributed by atoms with Crippen molar-refractivity contribution in [3.8, 4) is 0 Å². The van der Waals surface area contributed by atoms with Crippen molar-refractivity contribution in [2.24, 2.45) is 5.92 Å². The number of carboxylic acids is 1. The van der Waals surface area contributed by atoms with E-state index in [1.807, 2.05) is 0 Å². The fourth-order valence-corrected chi connectivity index (χ4v) is 1.30. The lowest BCUT2D eigenvalue weighted by atomic mass is 9.99. The molecule has 4 nitrogen and oxygen atoms in total. The monoisotopic (exact) mass is 157 g/mol. The lowest BCUT2D eigenvalue weighted by Crippen LogP contribution is -2.37. The van der Waals surface area contributed by atoms with Gasteiger partial charge in [-0.15, -0.1) is 0 Å². The normalized spacial score (nSPS) is 24.7. The molecule has 1 rings (SSSR count). The number of carbonyl (C=O) groups excluding carboxylic acids is 1. The molecule has 1 fully saturated rings. The van der Waals surface area contributed by atoms with Crippen LogP contribution in [0.3, 0.4) is 0 Å². The van der Waals surface area contributed by atoms with E-state index < -0.39 is 5.97 Å². The maximum absolute atomic E-state index is 10.5. The highest BCUT2D eigenvalue weighted by molar-refractivity contribution is 5.70. The molecule has 4 heteroatoms. The zero-order valence-electron chi connectivity index (χ0n) is 6.19. The number of carboxylic acid groups (broad SMARTS) is 1. The fraction of sp³-hybridized carbons (Fsp3) is 0.714. The SMILES string of the molecule is O=CN1CCC[C@@H](C(=O)O)C1. The lowest BCUT2D eigenvalue weighted by molar-refractivity contribution is -0.144. The van der Waals surface area contributed by atoms with Gasteiger partial charge in [0.1, 0.15) is 0 Å². The van der Waals surface area contributed by atoms with Gasteiger partial charge in [0.2, 0.25) is 6.41 Å². The molecule has 0 aliphatic carbocycles. The number of rotatable bonds is 2. The highest BCUT2D eigenvalue weighted by Crippen LogP contribution is 2.14. The Morgan fingerprint density at radius 2 is 2.36 bits per heavy atom. The largest absolute Gasteiger partial charge is 0.481 e. The van der Waals surface area contributed by atoms with Crippen LogP contribution in [-0.2, 0) is 9.59 Å². The lowest BCUT2D eigenvalue weighted by Gasteiger charge is -2.26. The van der Waals surface area contributed by atoms with E-state index >= 15 is 0 Å². The molecule has 0 radical (unpaired) electrons. The second-order valence-corrected chi connectivity index (χ2v) is 2.78. The molecule has 11 heavy (non-hydrogen) atoms. The molecule has 1 aliphatic heterocycles. The number of carbonyl (C=O) groups is 2. The van der Waals surface area contributed by atoms with Gasteiger partial charge < -0.3 is 10.0 Å². The minimum absolute atomic E-state index is 0.353. The summed E-state index contributed by atoms with van der Waals surface area (Å²) in [5.41, 5.74) is 0. The zero-order chi connectivity index (χ0) is 8.27. The van der Waals surface area contributed by atoms with E-state index in [-0.39, 0.29) is 5.92 Å². The number of piperidine rings is 1. The standard InChI is InChI=1S/C7H11NO3/c9-5-8-3-1-2-6(4-8)7(10)11/h5-6H,1-4H2,(H,10,11)/t6-/m1/s1. The van der Waals surface area contributed by atoms with Gasteiger partial charge in [0, 0.05) is 13.1 Å². The van der Waals surface area contributed by atoms with E-state index in [2.05, 4.69) is 0 Å². The Balaban J connectivity index is 2.45. The summed E-state index contributed by atoms with van der Waals surface area (Å²) in [5, 5.41) is 8.61. The van der Waals surface area contributed by atoms with Crippen LogP contribution < -0.4 is 0 Å². The molecule has 0 saturated carbocycles. The first-order valence-corrected chi connectivity index (χ1v) is 3.66. The average Bonchev–Trinajstić information content (AvgIpc) is 2.05. The van der Waals surface area contributed by atoms with Gasteiger partial charge in [0.05, 0.1) is 5.92 Å². The summed E-state index contributed by atoms with van der Waals surface area (Å²) in [7, 11) is 0. The van der Waals surface area contributed by atoms with E-state index in [1.54, 1.807) is 0 Å². The molecule has 1 atom stereocenters. The van der Waals surface area contributed by atoms with E-state index in [0.29, 0.717) is 19.5 Å². The van der Waals surface area contributed by atoms with Crippen LogP contribution in [0.5, 0.6) is 0 Å². The number of nitrogens with zero attached hydrogens (tertiary/aromatic N) is 1. The Labute approximate surface area is 64.8 Å². The summed E-state index contributed by atoms with van der Waals surface area (Å²) in [6.45, 7) is 1.08. The number of hydrogen-bond donors (Lipinski definition) is 1. The molecule has 0 aromatic rings. The van der Waals surface area contributed by atoms with Crippen molar-refractivity contribution < 1.29 is 14.7 Å². The predicted molar refractivity (Wildman–Crippen MR) is 38.0 cm³/mol. The molecule has 1 N–H and O–H groups in total. The van der Waals surface area contributed by atoms with E-state index in [1.165, 1.54) is 4.90 Å². The number of aliphatic carboxylic acids is 1. The van der Waals surface area contributed by atoms with Crippen molar-refractivity contribution in [3.05, 3.63) is 0 Å². The van der Waals surface area contributed by atoms with E-state index in [0.717, 1.165) is 12.8 Å². The van der Waals surface area contributed by atoms with Crippen molar-refractivity contribution in [2.75, 3.05) is 13.1 Å². The third-order valence-electron chi connectivity index (χ3n) is 1.95. The van der Waals surface area contributed by atoms with Crippen LogP contribution in [0.2, 0.25) is 0 Å². The van der Waals surface area contributed by atoms with Crippen molar-refractivity contribution in [1.82, 2.24) is 4.90 Å². The van der Waals surface area contributed by atoms with Gasteiger partial charge in [0.25, 0.3) is 0 Å². The van der Waals surface area contributed by atoms with Gasteiger partial charge in [-0.3, -0.25) is 9.59 Å². The maximum Gasteiger partial charge on any atom is 0.308 e.